The van der Waals surface area contributed by atoms with E-state index in [1.165, 1.54) is 24.9 Å². The molecule has 0 unspecified atom stereocenters. The Kier molecular flexibility index (Phi) is 2.29. The van der Waals surface area contributed by atoms with Crippen molar-refractivity contribution in [1.82, 2.24) is 19.5 Å². The summed E-state index contributed by atoms with van der Waals surface area (Å²) in [7, 11) is 0. The maximum absolute atomic E-state index is 4.19. The van der Waals surface area contributed by atoms with Crippen LogP contribution in [-0.4, -0.2) is 19.5 Å². The van der Waals surface area contributed by atoms with Crippen molar-refractivity contribution in [3.8, 4) is 0 Å². The second-order valence-corrected chi connectivity index (χ2v) is 4.00. The van der Waals surface area contributed by atoms with Gasteiger partial charge in [0.25, 0.3) is 0 Å². The fourth-order valence-corrected chi connectivity index (χ4v) is 1.73. The van der Waals surface area contributed by atoms with Crippen molar-refractivity contribution in [2.75, 3.05) is 5.32 Å². The summed E-state index contributed by atoms with van der Waals surface area (Å²) in [6.45, 7) is 0.768. The van der Waals surface area contributed by atoms with Gasteiger partial charge < -0.3 is 9.88 Å². The molecule has 0 aliphatic heterocycles. The predicted octanol–water partition coefficient (Wildman–Crippen LogP) is 1.62. The van der Waals surface area contributed by atoms with Gasteiger partial charge in [-0.15, -0.1) is 0 Å². The van der Waals surface area contributed by atoms with Gasteiger partial charge in [0.05, 0.1) is 36.6 Å². The van der Waals surface area contributed by atoms with Gasteiger partial charge in [-0.2, -0.15) is 0 Å². The highest BCUT2D eigenvalue weighted by Gasteiger charge is 2.24. The van der Waals surface area contributed by atoms with Crippen LogP contribution in [0.3, 0.4) is 0 Å². The molecule has 2 heterocycles. The van der Waals surface area contributed by atoms with Crippen LogP contribution in [0.15, 0.2) is 31.2 Å². The number of hydrogen-bond donors (Lipinski definition) is 1. The third kappa shape index (κ3) is 1.88. The zero-order valence-electron chi connectivity index (χ0n) is 8.87. The molecule has 0 aromatic carbocycles. The van der Waals surface area contributed by atoms with Crippen LogP contribution in [0, 0.1) is 0 Å². The number of hydrogen-bond acceptors (Lipinski definition) is 4. The Morgan fingerprint density at radius 2 is 2.00 bits per heavy atom. The molecule has 2 aromatic rings. The van der Waals surface area contributed by atoms with Crippen LogP contribution in [0.2, 0.25) is 0 Å². The highest BCUT2D eigenvalue weighted by molar-refractivity contribution is 5.37. The van der Waals surface area contributed by atoms with Gasteiger partial charge in [0.15, 0.2) is 0 Å². The van der Waals surface area contributed by atoms with Gasteiger partial charge in [-0.1, -0.05) is 0 Å². The van der Waals surface area contributed by atoms with Crippen LogP contribution in [0.25, 0.3) is 0 Å². The molecule has 1 fully saturated rings. The van der Waals surface area contributed by atoms with Gasteiger partial charge >= 0.3 is 0 Å². The third-order valence-electron chi connectivity index (χ3n) is 2.72. The number of nitrogens with one attached hydrogen (secondary N) is 1. The van der Waals surface area contributed by atoms with Crippen molar-refractivity contribution in [3.63, 3.8) is 0 Å². The van der Waals surface area contributed by atoms with Crippen molar-refractivity contribution < 1.29 is 0 Å². The first-order chi connectivity index (χ1) is 7.93. The van der Waals surface area contributed by atoms with E-state index in [9.17, 15) is 0 Å². The number of anilines is 1. The van der Waals surface area contributed by atoms with E-state index in [0.29, 0.717) is 6.04 Å². The van der Waals surface area contributed by atoms with Crippen molar-refractivity contribution in [2.24, 2.45) is 0 Å². The van der Waals surface area contributed by atoms with E-state index in [-0.39, 0.29) is 0 Å². The molecular formula is C11H13N5. The molecule has 0 radical (unpaired) electrons. The van der Waals surface area contributed by atoms with Crippen LogP contribution in [-0.2, 0) is 6.54 Å². The summed E-state index contributed by atoms with van der Waals surface area (Å²) in [5, 5.41) is 3.28. The lowest BCUT2D eigenvalue weighted by Crippen LogP contribution is -2.06. The molecule has 0 amide bonds. The number of rotatable bonds is 4. The summed E-state index contributed by atoms with van der Waals surface area (Å²) < 4.78 is 2.25. The maximum atomic E-state index is 4.19. The molecule has 2 aromatic heterocycles. The van der Waals surface area contributed by atoms with Crippen LogP contribution >= 0.6 is 0 Å². The molecule has 0 spiro atoms. The monoisotopic (exact) mass is 215 g/mol. The van der Waals surface area contributed by atoms with Crippen molar-refractivity contribution in [3.05, 3.63) is 36.9 Å². The molecule has 0 saturated heterocycles. The molecule has 1 aliphatic rings. The molecule has 0 atom stereocenters. The Morgan fingerprint density at radius 1 is 1.19 bits per heavy atom. The van der Waals surface area contributed by atoms with E-state index < -0.39 is 0 Å². The first kappa shape index (κ1) is 9.33. The lowest BCUT2D eigenvalue weighted by Gasteiger charge is -2.08. The molecule has 5 nitrogen and oxygen atoms in total. The van der Waals surface area contributed by atoms with E-state index in [1.807, 2.05) is 12.5 Å². The SMILES string of the molecule is c1ncc(NCc2cncn2C2CC2)cn1. The van der Waals surface area contributed by atoms with E-state index in [4.69, 9.17) is 0 Å². The van der Waals surface area contributed by atoms with Crippen LogP contribution in [0.5, 0.6) is 0 Å². The van der Waals surface area contributed by atoms with E-state index >= 15 is 0 Å². The highest BCUT2D eigenvalue weighted by Crippen LogP contribution is 2.35. The zero-order chi connectivity index (χ0) is 10.8. The summed E-state index contributed by atoms with van der Waals surface area (Å²) in [5.41, 5.74) is 2.15. The molecule has 5 heteroatoms. The molecule has 0 bridgehead atoms. The van der Waals surface area contributed by atoms with E-state index in [1.54, 1.807) is 12.4 Å². The van der Waals surface area contributed by atoms with Crippen LogP contribution < -0.4 is 5.32 Å². The van der Waals surface area contributed by atoms with Gasteiger partial charge in [0.1, 0.15) is 6.33 Å². The maximum Gasteiger partial charge on any atom is 0.115 e. The van der Waals surface area contributed by atoms with E-state index in [0.717, 1.165) is 12.2 Å². The minimum absolute atomic E-state index is 0.673. The molecule has 16 heavy (non-hydrogen) atoms. The van der Waals surface area contributed by atoms with Crippen molar-refractivity contribution in [2.45, 2.75) is 25.4 Å². The quantitative estimate of drug-likeness (QED) is 0.842. The fourth-order valence-electron chi connectivity index (χ4n) is 1.73. The zero-order valence-corrected chi connectivity index (χ0v) is 8.87. The predicted molar refractivity (Wildman–Crippen MR) is 59.9 cm³/mol. The highest BCUT2D eigenvalue weighted by atomic mass is 15.1. The lowest BCUT2D eigenvalue weighted by atomic mass is 10.4. The molecule has 1 N–H and O–H groups in total. The van der Waals surface area contributed by atoms with E-state index in [2.05, 4.69) is 24.8 Å². The average molecular weight is 215 g/mol. The average Bonchev–Trinajstić information content (AvgIpc) is 3.07. The fraction of sp³-hybridized carbons (Fsp3) is 0.364. The molecule has 1 saturated carbocycles. The topological polar surface area (TPSA) is 55.6 Å². The normalized spacial score (nSPS) is 15.0. The van der Waals surface area contributed by atoms with Crippen molar-refractivity contribution in [1.29, 1.82) is 0 Å². The Hall–Kier alpha value is -1.91. The molecule has 82 valence electrons. The second-order valence-electron chi connectivity index (χ2n) is 4.00. The lowest BCUT2D eigenvalue weighted by molar-refractivity contribution is 0.701. The molecule has 3 rings (SSSR count). The number of imidazole rings is 1. The first-order valence-electron chi connectivity index (χ1n) is 5.43. The van der Waals surface area contributed by atoms with Gasteiger partial charge in [0.2, 0.25) is 0 Å². The summed E-state index contributed by atoms with van der Waals surface area (Å²) in [6.07, 6.45) is 11.4. The van der Waals surface area contributed by atoms with Crippen LogP contribution in [0.4, 0.5) is 5.69 Å². The second kappa shape index (κ2) is 3.92. The summed E-state index contributed by atoms with van der Waals surface area (Å²) in [4.78, 5) is 12.1. The Labute approximate surface area is 93.6 Å². The van der Waals surface area contributed by atoms with Gasteiger partial charge in [0, 0.05) is 12.2 Å². The summed E-state index contributed by atoms with van der Waals surface area (Å²) in [5.74, 6) is 0. The smallest absolute Gasteiger partial charge is 0.115 e. The standard InChI is InChI=1S/C11H13N5/c1-2-10(1)16-8-14-5-11(16)6-15-9-3-12-7-13-4-9/h3-5,7-8,10,15H,1-2,6H2. The molecule has 1 aliphatic carbocycles. The Bertz CT molecular complexity index is 460. The third-order valence-corrected chi connectivity index (χ3v) is 2.72. The van der Waals surface area contributed by atoms with Crippen LogP contribution in [0.1, 0.15) is 24.6 Å². The minimum Gasteiger partial charge on any atom is -0.377 e. The summed E-state index contributed by atoms with van der Waals surface area (Å²) in [6, 6.07) is 0.673. The number of aromatic nitrogens is 4. The summed E-state index contributed by atoms with van der Waals surface area (Å²) >= 11 is 0. The van der Waals surface area contributed by atoms with Crippen molar-refractivity contribution >= 4 is 5.69 Å². The van der Waals surface area contributed by atoms with Gasteiger partial charge in [-0.05, 0) is 12.8 Å². The minimum atomic E-state index is 0.673. The Balaban J connectivity index is 1.68. The number of nitrogens with zero attached hydrogens (tertiary/aromatic N) is 4. The first-order valence-corrected chi connectivity index (χ1v) is 5.43. The molecular weight excluding hydrogens is 202 g/mol. The van der Waals surface area contributed by atoms with Gasteiger partial charge in [-0.3, -0.25) is 0 Å². The largest absolute Gasteiger partial charge is 0.377 e. The Morgan fingerprint density at radius 3 is 2.75 bits per heavy atom. The van der Waals surface area contributed by atoms with Gasteiger partial charge in [-0.25, -0.2) is 15.0 Å².